The summed E-state index contributed by atoms with van der Waals surface area (Å²) < 4.78 is 75.7. The van der Waals surface area contributed by atoms with E-state index in [4.69, 9.17) is 15.2 Å². The molecule has 0 amide bonds. The molecule has 0 aromatic heterocycles. The molecule has 0 aliphatic rings. The van der Waals surface area contributed by atoms with E-state index in [0.717, 1.165) is 0 Å². The third-order valence-corrected chi connectivity index (χ3v) is 2.83. The number of carbonyl (C=O) groups is 1. The predicted octanol–water partition coefficient (Wildman–Crippen LogP) is 1.88. The molecule has 0 aliphatic carbocycles. The van der Waals surface area contributed by atoms with Gasteiger partial charge in [0.15, 0.2) is 23.3 Å². The molecule has 23 heavy (non-hydrogen) atoms. The van der Waals surface area contributed by atoms with Gasteiger partial charge in [-0.3, -0.25) is 4.79 Å². The smallest absolute Gasteiger partial charge is 0.200 e. The molecule has 1 rings (SSSR count). The lowest BCUT2D eigenvalue weighted by Crippen LogP contribution is -2.15. The summed E-state index contributed by atoms with van der Waals surface area (Å²) >= 11 is 0. The van der Waals surface area contributed by atoms with E-state index >= 15 is 0 Å². The summed E-state index contributed by atoms with van der Waals surface area (Å²) in [5, 5.41) is 0. The number of nitrogens with two attached hydrogens (primary N) is 1. The Morgan fingerprint density at radius 3 is 1.78 bits per heavy atom. The molecular formula is C14H16F5NO3. The largest absolute Gasteiger partial charge is 0.379 e. The molecule has 0 atom stereocenters. The van der Waals surface area contributed by atoms with Crippen molar-refractivity contribution in [2.75, 3.05) is 33.0 Å². The zero-order valence-electron chi connectivity index (χ0n) is 12.1. The highest BCUT2D eigenvalue weighted by Gasteiger charge is 2.26. The SMILES string of the molecule is NCCOCCOCCC(=O)Cc1c(F)c(F)c(F)c(F)c1F. The van der Waals surface area contributed by atoms with Gasteiger partial charge in [-0.1, -0.05) is 0 Å². The minimum atomic E-state index is -2.25. The molecule has 0 bridgehead atoms. The Kier molecular flexibility index (Phi) is 8.07. The summed E-state index contributed by atoms with van der Waals surface area (Å²) in [6, 6.07) is 0. The highest BCUT2D eigenvalue weighted by Crippen LogP contribution is 2.23. The highest BCUT2D eigenvalue weighted by atomic mass is 19.2. The van der Waals surface area contributed by atoms with Crippen molar-refractivity contribution in [2.45, 2.75) is 12.8 Å². The third kappa shape index (κ3) is 5.52. The highest BCUT2D eigenvalue weighted by molar-refractivity contribution is 5.81. The Bertz CT molecular complexity index is 525. The first-order valence-corrected chi connectivity index (χ1v) is 6.77. The number of hydrogen-bond donors (Lipinski definition) is 1. The van der Waals surface area contributed by atoms with Gasteiger partial charge >= 0.3 is 0 Å². The fraction of sp³-hybridized carbons (Fsp3) is 0.500. The van der Waals surface area contributed by atoms with Crippen molar-refractivity contribution in [1.82, 2.24) is 0 Å². The van der Waals surface area contributed by atoms with Crippen LogP contribution in [0.25, 0.3) is 0 Å². The Hall–Kier alpha value is -1.58. The second-order valence-corrected chi connectivity index (χ2v) is 4.53. The molecule has 0 aliphatic heterocycles. The van der Waals surface area contributed by atoms with E-state index in [1.54, 1.807) is 0 Å². The van der Waals surface area contributed by atoms with E-state index in [1.165, 1.54) is 0 Å². The van der Waals surface area contributed by atoms with E-state index in [2.05, 4.69) is 0 Å². The number of hydrogen-bond acceptors (Lipinski definition) is 4. The van der Waals surface area contributed by atoms with E-state index in [9.17, 15) is 26.7 Å². The van der Waals surface area contributed by atoms with Gasteiger partial charge in [0.1, 0.15) is 5.78 Å². The van der Waals surface area contributed by atoms with Crippen molar-refractivity contribution >= 4 is 5.78 Å². The Morgan fingerprint density at radius 2 is 1.26 bits per heavy atom. The summed E-state index contributed by atoms with van der Waals surface area (Å²) in [4.78, 5) is 11.6. The summed E-state index contributed by atoms with van der Waals surface area (Å²) in [5.41, 5.74) is 4.05. The van der Waals surface area contributed by atoms with Gasteiger partial charge in [0.2, 0.25) is 5.82 Å². The van der Waals surface area contributed by atoms with Crippen molar-refractivity contribution < 1.29 is 36.2 Å². The predicted molar refractivity (Wildman–Crippen MR) is 70.3 cm³/mol. The molecule has 130 valence electrons. The molecule has 1 aromatic carbocycles. The van der Waals surface area contributed by atoms with Crippen LogP contribution in [0.15, 0.2) is 0 Å². The van der Waals surface area contributed by atoms with Crippen LogP contribution >= 0.6 is 0 Å². The zero-order valence-corrected chi connectivity index (χ0v) is 12.1. The molecule has 0 unspecified atom stereocenters. The Balaban J connectivity index is 2.49. The van der Waals surface area contributed by atoms with Crippen LogP contribution in [-0.2, 0) is 20.7 Å². The van der Waals surface area contributed by atoms with Gasteiger partial charge in [0.25, 0.3) is 0 Å². The van der Waals surface area contributed by atoms with Crippen LogP contribution in [-0.4, -0.2) is 38.8 Å². The van der Waals surface area contributed by atoms with Crippen molar-refractivity contribution in [3.05, 3.63) is 34.6 Å². The first-order valence-electron chi connectivity index (χ1n) is 6.77. The van der Waals surface area contributed by atoms with Gasteiger partial charge in [-0.15, -0.1) is 0 Å². The third-order valence-electron chi connectivity index (χ3n) is 2.83. The van der Waals surface area contributed by atoms with Crippen LogP contribution in [0, 0.1) is 29.1 Å². The number of Topliss-reactive ketones (excluding diaryl/α,β-unsaturated/α-hetero) is 1. The fourth-order valence-corrected chi connectivity index (χ4v) is 1.68. The number of halogens is 5. The monoisotopic (exact) mass is 341 g/mol. The molecule has 1 aromatic rings. The fourth-order valence-electron chi connectivity index (χ4n) is 1.68. The number of rotatable bonds is 10. The normalized spacial score (nSPS) is 11.0. The van der Waals surface area contributed by atoms with E-state index in [-0.39, 0.29) is 26.2 Å². The molecule has 0 saturated heterocycles. The second-order valence-electron chi connectivity index (χ2n) is 4.53. The number of ketones is 1. The van der Waals surface area contributed by atoms with E-state index < -0.39 is 46.9 Å². The lowest BCUT2D eigenvalue weighted by molar-refractivity contribution is -0.119. The van der Waals surface area contributed by atoms with Crippen molar-refractivity contribution in [2.24, 2.45) is 5.73 Å². The number of carbonyl (C=O) groups excluding carboxylic acids is 1. The van der Waals surface area contributed by atoms with Crippen LogP contribution in [0.2, 0.25) is 0 Å². The lowest BCUT2D eigenvalue weighted by atomic mass is 10.0. The van der Waals surface area contributed by atoms with Crippen molar-refractivity contribution in [1.29, 1.82) is 0 Å². The van der Waals surface area contributed by atoms with E-state index in [1.807, 2.05) is 0 Å². The summed E-state index contributed by atoms with van der Waals surface area (Å²) in [6.07, 6.45) is -1.13. The molecular weight excluding hydrogens is 325 g/mol. The summed E-state index contributed by atoms with van der Waals surface area (Å²) in [6.45, 7) is 1.13. The van der Waals surface area contributed by atoms with Gasteiger partial charge in [0.05, 0.1) is 26.4 Å². The molecule has 0 spiro atoms. The van der Waals surface area contributed by atoms with Crippen LogP contribution in [0.5, 0.6) is 0 Å². The van der Waals surface area contributed by atoms with Crippen LogP contribution < -0.4 is 5.73 Å². The van der Waals surface area contributed by atoms with Crippen molar-refractivity contribution in [3.63, 3.8) is 0 Å². The minimum absolute atomic E-state index is 0.0553. The Morgan fingerprint density at radius 1 is 0.783 bits per heavy atom. The zero-order chi connectivity index (χ0) is 17.4. The van der Waals surface area contributed by atoms with Gasteiger partial charge in [0, 0.05) is 24.9 Å². The minimum Gasteiger partial charge on any atom is -0.379 e. The second kappa shape index (κ2) is 9.53. The average molecular weight is 341 g/mol. The van der Waals surface area contributed by atoms with Gasteiger partial charge < -0.3 is 15.2 Å². The molecule has 9 heteroatoms. The molecule has 2 N–H and O–H groups in total. The van der Waals surface area contributed by atoms with Gasteiger partial charge in [-0.2, -0.15) is 0 Å². The summed E-state index contributed by atoms with van der Waals surface area (Å²) in [5.74, 6) is -11.1. The van der Waals surface area contributed by atoms with Crippen LogP contribution in [0.3, 0.4) is 0 Å². The first kappa shape index (κ1) is 19.5. The van der Waals surface area contributed by atoms with Gasteiger partial charge in [-0.25, -0.2) is 22.0 Å². The molecule has 0 radical (unpaired) electrons. The molecule has 0 heterocycles. The maximum Gasteiger partial charge on any atom is 0.200 e. The first-order chi connectivity index (χ1) is 10.9. The molecule has 0 fully saturated rings. The standard InChI is InChI=1S/C14H16F5NO3/c15-10-9(11(16)13(18)14(19)12(10)17)7-8(21)1-3-22-5-6-23-4-2-20/h1-7,20H2. The number of ether oxygens (including phenoxy) is 2. The van der Waals surface area contributed by atoms with Crippen molar-refractivity contribution in [3.8, 4) is 0 Å². The maximum absolute atomic E-state index is 13.4. The number of benzene rings is 1. The molecule has 0 saturated carbocycles. The van der Waals surface area contributed by atoms with Crippen LogP contribution in [0.4, 0.5) is 22.0 Å². The quantitative estimate of drug-likeness (QED) is 0.305. The van der Waals surface area contributed by atoms with Gasteiger partial charge in [-0.05, 0) is 0 Å². The van der Waals surface area contributed by atoms with E-state index in [0.29, 0.717) is 13.2 Å². The average Bonchev–Trinajstić information content (AvgIpc) is 2.54. The molecule has 4 nitrogen and oxygen atoms in total. The topological polar surface area (TPSA) is 61.6 Å². The maximum atomic E-state index is 13.4. The van der Waals surface area contributed by atoms with Crippen LogP contribution in [0.1, 0.15) is 12.0 Å². The lowest BCUT2D eigenvalue weighted by Gasteiger charge is -2.08. The summed E-state index contributed by atoms with van der Waals surface area (Å²) in [7, 11) is 0. The Labute approximate surface area is 129 Å².